The fourth-order valence-corrected chi connectivity index (χ4v) is 2.10. The van der Waals surface area contributed by atoms with E-state index in [0.29, 0.717) is 16.9 Å². The first-order chi connectivity index (χ1) is 9.75. The molecule has 1 aromatic heterocycles. The summed E-state index contributed by atoms with van der Waals surface area (Å²) in [4.78, 5) is 0. The van der Waals surface area contributed by atoms with E-state index in [-0.39, 0.29) is 0 Å². The van der Waals surface area contributed by atoms with E-state index in [1.807, 2.05) is 42.5 Å². The predicted octanol–water partition coefficient (Wildman–Crippen LogP) is 1.93. The van der Waals surface area contributed by atoms with E-state index >= 15 is 0 Å². The molecule has 20 heavy (non-hydrogen) atoms. The molecule has 2 aromatic carbocycles. The van der Waals surface area contributed by atoms with Gasteiger partial charge >= 0.3 is 0 Å². The normalized spacial score (nSPS) is 12.2. The van der Waals surface area contributed by atoms with Gasteiger partial charge in [-0.05, 0) is 29.8 Å². The molecule has 0 amide bonds. The van der Waals surface area contributed by atoms with Gasteiger partial charge in [0.15, 0.2) is 0 Å². The van der Waals surface area contributed by atoms with Gasteiger partial charge in [-0.1, -0.05) is 35.5 Å². The van der Waals surface area contributed by atoms with Crippen molar-refractivity contribution < 1.29 is 5.11 Å². The monoisotopic (exact) mass is 266 g/mol. The first kappa shape index (κ1) is 12.4. The minimum atomic E-state index is -0.825. The fraction of sp³-hybridized carbons (Fsp3) is 0.0667. The molecule has 3 N–H and O–H groups in total. The topological polar surface area (TPSA) is 77.0 Å². The summed E-state index contributed by atoms with van der Waals surface area (Å²) < 4.78 is 1.62. The van der Waals surface area contributed by atoms with Gasteiger partial charge in [-0.3, -0.25) is 0 Å². The third-order valence-corrected chi connectivity index (χ3v) is 3.08. The highest BCUT2D eigenvalue weighted by molar-refractivity contribution is 5.43. The molecule has 3 aromatic rings. The standard InChI is InChI=1S/C15H14N4O/c16-12-6-4-5-11(9-12)15(20)14-10-17-18-19(14)13-7-2-1-3-8-13/h1-10,15,20H,16H2. The van der Waals surface area contributed by atoms with Crippen molar-refractivity contribution in [3.63, 3.8) is 0 Å². The van der Waals surface area contributed by atoms with Crippen molar-refractivity contribution in [3.05, 3.63) is 72.1 Å². The summed E-state index contributed by atoms with van der Waals surface area (Å²) in [6, 6.07) is 16.7. The summed E-state index contributed by atoms with van der Waals surface area (Å²) in [6.45, 7) is 0. The van der Waals surface area contributed by atoms with Crippen LogP contribution in [0.5, 0.6) is 0 Å². The first-order valence-corrected chi connectivity index (χ1v) is 6.25. The molecule has 1 atom stereocenters. The van der Waals surface area contributed by atoms with E-state index in [4.69, 9.17) is 5.73 Å². The third-order valence-electron chi connectivity index (χ3n) is 3.08. The molecular formula is C15H14N4O. The molecule has 0 saturated heterocycles. The molecule has 0 fully saturated rings. The van der Waals surface area contributed by atoms with Crippen molar-refractivity contribution in [1.29, 1.82) is 0 Å². The second-order valence-corrected chi connectivity index (χ2v) is 4.48. The van der Waals surface area contributed by atoms with Crippen LogP contribution in [0.25, 0.3) is 5.69 Å². The van der Waals surface area contributed by atoms with E-state index in [2.05, 4.69) is 10.3 Å². The van der Waals surface area contributed by atoms with E-state index in [1.165, 1.54) is 0 Å². The Morgan fingerprint density at radius 3 is 2.60 bits per heavy atom. The molecule has 1 unspecified atom stereocenters. The van der Waals surface area contributed by atoms with E-state index in [0.717, 1.165) is 5.69 Å². The molecule has 1 heterocycles. The number of rotatable bonds is 3. The van der Waals surface area contributed by atoms with Gasteiger partial charge in [0.25, 0.3) is 0 Å². The van der Waals surface area contributed by atoms with Crippen LogP contribution in [0, 0.1) is 0 Å². The molecule has 0 aliphatic carbocycles. The molecule has 0 radical (unpaired) electrons. The average Bonchev–Trinajstić information content (AvgIpc) is 2.97. The second kappa shape index (κ2) is 5.14. The summed E-state index contributed by atoms with van der Waals surface area (Å²) in [6.07, 6.45) is 0.731. The van der Waals surface area contributed by atoms with Crippen molar-refractivity contribution >= 4 is 5.69 Å². The Bertz CT molecular complexity index is 709. The minimum Gasteiger partial charge on any atom is -0.399 e. The number of aliphatic hydroxyl groups is 1. The lowest BCUT2D eigenvalue weighted by atomic mass is 10.1. The van der Waals surface area contributed by atoms with Gasteiger partial charge < -0.3 is 10.8 Å². The first-order valence-electron chi connectivity index (χ1n) is 6.25. The van der Waals surface area contributed by atoms with Crippen molar-refractivity contribution in [1.82, 2.24) is 15.0 Å². The zero-order chi connectivity index (χ0) is 13.9. The number of aliphatic hydroxyl groups excluding tert-OH is 1. The van der Waals surface area contributed by atoms with E-state index < -0.39 is 6.10 Å². The lowest BCUT2D eigenvalue weighted by Gasteiger charge is -2.13. The van der Waals surface area contributed by atoms with Crippen LogP contribution >= 0.6 is 0 Å². The highest BCUT2D eigenvalue weighted by Gasteiger charge is 2.17. The average molecular weight is 266 g/mol. The van der Waals surface area contributed by atoms with Gasteiger partial charge in [-0.25, -0.2) is 4.68 Å². The third kappa shape index (κ3) is 2.26. The Kier molecular flexibility index (Phi) is 3.18. The molecule has 0 spiro atoms. The molecule has 0 aliphatic rings. The Labute approximate surface area is 116 Å². The number of benzene rings is 2. The second-order valence-electron chi connectivity index (χ2n) is 4.48. The van der Waals surface area contributed by atoms with Crippen LogP contribution < -0.4 is 5.73 Å². The largest absolute Gasteiger partial charge is 0.399 e. The summed E-state index contributed by atoms with van der Waals surface area (Å²) in [5.41, 5.74) is 8.52. The summed E-state index contributed by atoms with van der Waals surface area (Å²) in [5, 5.41) is 18.4. The van der Waals surface area contributed by atoms with E-state index in [9.17, 15) is 5.11 Å². The van der Waals surface area contributed by atoms with Crippen molar-refractivity contribution in [2.24, 2.45) is 0 Å². The van der Waals surface area contributed by atoms with Crippen LogP contribution in [0.3, 0.4) is 0 Å². The molecule has 3 rings (SSSR count). The molecule has 0 aliphatic heterocycles. The van der Waals surface area contributed by atoms with Gasteiger partial charge in [-0.15, -0.1) is 5.10 Å². The lowest BCUT2D eigenvalue weighted by molar-refractivity contribution is 0.212. The highest BCUT2D eigenvalue weighted by Crippen LogP contribution is 2.24. The van der Waals surface area contributed by atoms with Gasteiger partial charge in [0, 0.05) is 5.69 Å². The maximum Gasteiger partial charge on any atom is 0.123 e. The number of nitrogens with two attached hydrogens (primary N) is 1. The smallest absolute Gasteiger partial charge is 0.123 e. The van der Waals surface area contributed by atoms with E-state index in [1.54, 1.807) is 23.0 Å². The van der Waals surface area contributed by atoms with Crippen molar-refractivity contribution in [2.75, 3.05) is 5.73 Å². The van der Waals surface area contributed by atoms with Crippen LogP contribution in [-0.4, -0.2) is 20.1 Å². The Morgan fingerprint density at radius 2 is 1.85 bits per heavy atom. The number of para-hydroxylation sites is 1. The Morgan fingerprint density at radius 1 is 1.05 bits per heavy atom. The zero-order valence-electron chi connectivity index (χ0n) is 10.7. The number of nitrogen functional groups attached to an aromatic ring is 1. The highest BCUT2D eigenvalue weighted by atomic mass is 16.3. The molecule has 0 bridgehead atoms. The Balaban J connectivity index is 2.02. The fourth-order valence-electron chi connectivity index (χ4n) is 2.10. The molecular weight excluding hydrogens is 252 g/mol. The van der Waals surface area contributed by atoms with Gasteiger partial charge in [0.05, 0.1) is 17.6 Å². The van der Waals surface area contributed by atoms with Crippen LogP contribution in [0.2, 0.25) is 0 Å². The summed E-state index contributed by atoms with van der Waals surface area (Å²) in [5.74, 6) is 0. The molecule has 5 nitrogen and oxygen atoms in total. The Hall–Kier alpha value is -2.66. The van der Waals surface area contributed by atoms with Gasteiger partial charge in [-0.2, -0.15) is 0 Å². The van der Waals surface area contributed by atoms with Gasteiger partial charge in [0.1, 0.15) is 6.10 Å². The van der Waals surface area contributed by atoms with Gasteiger partial charge in [0.2, 0.25) is 0 Å². The van der Waals surface area contributed by atoms with Crippen LogP contribution in [0.4, 0.5) is 5.69 Å². The van der Waals surface area contributed by atoms with Crippen LogP contribution in [0.1, 0.15) is 17.4 Å². The molecule has 0 saturated carbocycles. The van der Waals surface area contributed by atoms with Crippen molar-refractivity contribution in [2.45, 2.75) is 6.10 Å². The quantitative estimate of drug-likeness (QED) is 0.710. The summed E-state index contributed by atoms with van der Waals surface area (Å²) in [7, 11) is 0. The van der Waals surface area contributed by atoms with Crippen LogP contribution in [0.15, 0.2) is 60.8 Å². The maximum atomic E-state index is 10.5. The molecule has 5 heteroatoms. The number of anilines is 1. The zero-order valence-corrected chi connectivity index (χ0v) is 10.7. The molecule has 100 valence electrons. The minimum absolute atomic E-state index is 0.599. The number of nitrogens with zero attached hydrogens (tertiary/aromatic N) is 3. The number of hydrogen-bond donors (Lipinski definition) is 2. The lowest BCUT2D eigenvalue weighted by Crippen LogP contribution is -2.08. The SMILES string of the molecule is Nc1cccc(C(O)c2cnnn2-c2ccccc2)c1. The number of hydrogen-bond acceptors (Lipinski definition) is 4. The summed E-state index contributed by atoms with van der Waals surface area (Å²) >= 11 is 0. The van der Waals surface area contributed by atoms with Crippen LogP contribution in [-0.2, 0) is 0 Å². The number of aromatic nitrogens is 3. The van der Waals surface area contributed by atoms with Crippen molar-refractivity contribution in [3.8, 4) is 5.69 Å². The maximum absolute atomic E-state index is 10.5. The predicted molar refractivity (Wildman–Crippen MR) is 76.3 cm³/mol.